The van der Waals surface area contributed by atoms with Gasteiger partial charge in [0.2, 0.25) is 0 Å². The summed E-state index contributed by atoms with van der Waals surface area (Å²) >= 11 is 0. The van der Waals surface area contributed by atoms with Gasteiger partial charge in [-0.05, 0) is 48.2 Å². The molecule has 0 fully saturated rings. The average molecular weight is 469 g/mol. The zero-order chi connectivity index (χ0) is 24.8. The van der Waals surface area contributed by atoms with Crippen molar-refractivity contribution in [3.63, 3.8) is 0 Å². The Bertz CT molecular complexity index is 1250. The number of rotatable bonds is 8. The van der Waals surface area contributed by atoms with Crippen molar-refractivity contribution < 1.29 is 14.0 Å². The lowest BCUT2D eigenvalue weighted by atomic mass is 10.0. The van der Waals surface area contributed by atoms with Gasteiger partial charge in [-0.3, -0.25) is 14.6 Å². The molecule has 7 nitrogen and oxygen atoms in total. The lowest BCUT2D eigenvalue weighted by Gasteiger charge is -2.30. The number of benzene rings is 2. The zero-order valence-electron chi connectivity index (χ0n) is 20.0. The zero-order valence-corrected chi connectivity index (χ0v) is 20.0. The van der Waals surface area contributed by atoms with Gasteiger partial charge in [-0.2, -0.15) is 0 Å². The summed E-state index contributed by atoms with van der Waals surface area (Å²) in [6, 6.07) is 17.9. The van der Waals surface area contributed by atoms with E-state index in [0.29, 0.717) is 22.9 Å². The van der Waals surface area contributed by atoms with Crippen LogP contribution in [0.15, 0.2) is 89.9 Å². The van der Waals surface area contributed by atoms with Crippen molar-refractivity contribution in [1.82, 2.24) is 14.9 Å². The molecule has 0 aliphatic heterocycles. The Morgan fingerprint density at radius 3 is 2.29 bits per heavy atom. The molecule has 0 aliphatic carbocycles. The second-order valence-electron chi connectivity index (χ2n) is 8.68. The predicted molar refractivity (Wildman–Crippen MR) is 134 cm³/mol. The van der Waals surface area contributed by atoms with E-state index in [2.05, 4.69) is 29.1 Å². The van der Waals surface area contributed by atoms with Crippen LogP contribution in [-0.2, 0) is 11.3 Å². The molecule has 1 atom stereocenters. The van der Waals surface area contributed by atoms with Crippen LogP contribution in [0.2, 0.25) is 0 Å². The van der Waals surface area contributed by atoms with Gasteiger partial charge >= 0.3 is 0 Å². The number of hydrogen-bond donors (Lipinski definition) is 1. The van der Waals surface area contributed by atoms with Crippen LogP contribution in [0.1, 0.15) is 58.7 Å². The number of amides is 2. The van der Waals surface area contributed by atoms with Gasteiger partial charge in [-0.15, -0.1) is 0 Å². The van der Waals surface area contributed by atoms with E-state index >= 15 is 0 Å². The number of hydrogen-bond acceptors (Lipinski definition) is 5. The molecule has 0 unspecified atom stereocenters. The Morgan fingerprint density at radius 2 is 1.69 bits per heavy atom. The molecule has 2 aromatic carbocycles. The van der Waals surface area contributed by atoms with Gasteiger partial charge < -0.3 is 14.6 Å². The van der Waals surface area contributed by atoms with Crippen LogP contribution in [-0.4, -0.2) is 26.7 Å². The molecule has 0 aliphatic rings. The van der Waals surface area contributed by atoms with Crippen molar-refractivity contribution >= 4 is 17.5 Å². The normalized spacial score (nSPS) is 11.8. The first-order valence-electron chi connectivity index (χ1n) is 11.5. The minimum atomic E-state index is -0.931. The molecule has 0 saturated heterocycles. The second-order valence-corrected chi connectivity index (χ2v) is 8.68. The summed E-state index contributed by atoms with van der Waals surface area (Å²) in [5.74, 6) is 0.169. The first-order valence-corrected chi connectivity index (χ1v) is 11.5. The molecule has 4 aromatic rings. The second kappa shape index (κ2) is 10.8. The van der Waals surface area contributed by atoms with Gasteiger partial charge in [0.25, 0.3) is 11.8 Å². The largest absolute Gasteiger partial charge is 0.467 e. The van der Waals surface area contributed by atoms with E-state index in [1.807, 2.05) is 55.5 Å². The molecule has 0 spiro atoms. The highest BCUT2D eigenvalue weighted by atomic mass is 16.3. The topological polar surface area (TPSA) is 88.3 Å². The number of carbonyl (C=O) groups is 2. The summed E-state index contributed by atoms with van der Waals surface area (Å²) in [4.78, 5) is 37.0. The Balaban J connectivity index is 1.73. The summed E-state index contributed by atoms with van der Waals surface area (Å²) in [6.07, 6.45) is 5.89. The molecule has 2 aromatic heterocycles. The SMILES string of the molecule is Cc1ccc([C@@H](C(=O)Nc2ccc(C(C)C)cc2)N(Cc2ccco2)C(=O)c2cnccn2)cc1. The van der Waals surface area contributed by atoms with Crippen LogP contribution >= 0.6 is 0 Å². The number of furan rings is 1. The quantitative estimate of drug-likeness (QED) is 0.368. The Morgan fingerprint density at radius 1 is 0.971 bits per heavy atom. The van der Waals surface area contributed by atoms with Crippen molar-refractivity contribution in [2.45, 2.75) is 39.3 Å². The molecule has 2 amide bonds. The molecular formula is C28H28N4O3. The van der Waals surface area contributed by atoms with Gasteiger partial charge in [-0.1, -0.05) is 55.8 Å². The molecule has 4 rings (SSSR count). The maximum Gasteiger partial charge on any atom is 0.275 e. The van der Waals surface area contributed by atoms with Gasteiger partial charge in [0, 0.05) is 18.1 Å². The van der Waals surface area contributed by atoms with Crippen LogP contribution in [0.3, 0.4) is 0 Å². The van der Waals surface area contributed by atoms with Crippen molar-refractivity contribution in [3.05, 3.63) is 114 Å². The monoisotopic (exact) mass is 468 g/mol. The highest BCUT2D eigenvalue weighted by molar-refractivity contribution is 6.00. The van der Waals surface area contributed by atoms with Crippen LogP contribution in [0.5, 0.6) is 0 Å². The summed E-state index contributed by atoms with van der Waals surface area (Å²) in [7, 11) is 0. The minimum Gasteiger partial charge on any atom is -0.467 e. The van der Waals surface area contributed by atoms with Gasteiger partial charge in [0.05, 0.1) is 19.0 Å². The molecule has 7 heteroatoms. The molecular weight excluding hydrogens is 440 g/mol. The highest BCUT2D eigenvalue weighted by Gasteiger charge is 2.33. The van der Waals surface area contributed by atoms with E-state index in [1.165, 1.54) is 35.3 Å². The fraction of sp³-hybridized carbons (Fsp3) is 0.214. The van der Waals surface area contributed by atoms with Gasteiger partial charge in [-0.25, -0.2) is 4.98 Å². The van der Waals surface area contributed by atoms with Crippen LogP contribution < -0.4 is 5.32 Å². The minimum absolute atomic E-state index is 0.0840. The maximum atomic E-state index is 13.8. The Kier molecular flexibility index (Phi) is 7.35. The molecule has 178 valence electrons. The number of anilines is 1. The molecule has 0 bridgehead atoms. The van der Waals surface area contributed by atoms with Crippen molar-refractivity contribution in [2.75, 3.05) is 5.32 Å². The van der Waals surface area contributed by atoms with Gasteiger partial charge in [0.15, 0.2) is 0 Å². The van der Waals surface area contributed by atoms with E-state index in [9.17, 15) is 9.59 Å². The van der Waals surface area contributed by atoms with E-state index in [0.717, 1.165) is 5.56 Å². The lowest BCUT2D eigenvalue weighted by Crippen LogP contribution is -2.41. The van der Waals surface area contributed by atoms with Crippen LogP contribution in [0, 0.1) is 6.92 Å². The van der Waals surface area contributed by atoms with Crippen molar-refractivity contribution in [3.8, 4) is 0 Å². The lowest BCUT2D eigenvalue weighted by molar-refractivity contribution is -0.121. The fourth-order valence-corrected chi connectivity index (χ4v) is 3.79. The smallest absolute Gasteiger partial charge is 0.275 e. The summed E-state index contributed by atoms with van der Waals surface area (Å²) in [6.45, 7) is 6.29. The molecule has 35 heavy (non-hydrogen) atoms. The van der Waals surface area contributed by atoms with Gasteiger partial charge in [0.1, 0.15) is 17.5 Å². The van der Waals surface area contributed by atoms with Crippen LogP contribution in [0.4, 0.5) is 5.69 Å². The third-order valence-corrected chi connectivity index (χ3v) is 5.75. The number of nitrogens with zero attached hydrogens (tertiary/aromatic N) is 3. The first kappa shape index (κ1) is 23.9. The van der Waals surface area contributed by atoms with E-state index < -0.39 is 11.9 Å². The Labute approximate surface area is 204 Å². The number of nitrogens with one attached hydrogen (secondary N) is 1. The summed E-state index contributed by atoms with van der Waals surface area (Å²) < 4.78 is 5.53. The number of aryl methyl sites for hydroxylation is 1. The summed E-state index contributed by atoms with van der Waals surface area (Å²) in [5.41, 5.74) is 3.70. The third kappa shape index (κ3) is 5.81. The van der Waals surface area contributed by atoms with Crippen LogP contribution in [0.25, 0.3) is 0 Å². The molecule has 0 saturated carbocycles. The van der Waals surface area contributed by atoms with E-state index in [-0.39, 0.29) is 18.1 Å². The average Bonchev–Trinajstić information content (AvgIpc) is 3.38. The first-order chi connectivity index (χ1) is 16.9. The highest BCUT2D eigenvalue weighted by Crippen LogP contribution is 2.28. The van der Waals surface area contributed by atoms with E-state index in [4.69, 9.17) is 4.42 Å². The molecule has 2 heterocycles. The molecule has 0 radical (unpaired) electrons. The molecule has 1 N–H and O–H groups in total. The Hall–Kier alpha value is -4.26. The van der Waals surface area contributed by atoms with E-state index in [1.54, 1.807) is 12.1 Å². The standard InChI is InChI=1S/C28H28N4O3/c1-19(2)21-10-12-23(13-11-21)31-27(33)26(22-8-6-20(3)7-9-22)32(18-24-5-4-16-35-24)28(34)25-17-29-14-15-30-25/h4-17,19,26H,18H2,1-3H3,(H,31,33)/t26-/m0/s1. The predicted octanol–water partition coefficient (Wildman–Crippen LogP) is 5.52. The summed E-state index contributed by atoms with van der Waals surface area (Å²) in [5, 5.41) is 2.99. The number of aromatic nitrogens is 2. The maximum absolute atomic E-state index is 13.8. The van der Waals surface area contributed by atoms with Crippen molar-refractivity contribution in [1.29, 1.82) is 0 Å². The van der Waals surface area contributed by atoms with Crippen molar-refractivity contribution in [2.24, 2.45) is 0 Å². The fourth-order valence-electron chi connectivity index (χ4n) is 3.79. The third-order valence-electron chi connectivity index (χ3n) is 5.75. The number of carbonyl (C=O) groups excluding carboxylic acids is 2.